The van der Waals surface area contributed by atoms with Crippen LogP contribution in [0.15, 0.2) is 27.3 Å². The molecule has 0 aromatic carbocycles. The summed E-state index contributed by atoms with van der Waals surface area (Å²) in [5, 5.41) is 4.29. The van der Waals surface area contributed by atoms with Crippen molar-refractivity contribution in [3.63, 3.8) is 0 Å². The summed E-state index contributed by atoms with van der Waals surface area (Å²) in [6.07, 6.45) is 6.86. The number of halogens is 1. The molecule has 0 spiro atoms. The van der Waals surface area contributed by atoms with Gasteiger partial charge in [-0.25, -0.2) is 0 Å². The summed E-state index contributed by atoms with van der Waals surface area (Å²) >= 11 is 3.52. The van der Waals surface area contributed by atoms with E-state index in [4.69, 9.17) is 9.15 Å². The molecule has 2 aromatic heterocycles. The lowest BCUT2D eigenvalue weighted by molar-refractivity contribution is 0.208. The number of aryl methyl sites for hydroxylation is 1. The fraction of sp³-hybridized carbons (Fsp3) is 0.462. The second kappa shape index (κ2) is 4.80. The van der Waals surface area contributed by atoms with Gasteiger partial charge in [0.05, 0.1) is 12.3 Å². The summed E-state index contributed by atoms with van der Waals surface area (Å²) in [4.78, 5) is 0. The van der Waals surface area contributed by atoms with E-state index in [9.17, 15) is 0 Å². The van der Waals surface area contributed by atoms with Crippen LogP contribution in [0, 0.1) is 6.92 Å². The van der Waals surface area contributed by atoms with Gasteiger partial charge in [-0.2, -0.15) is 9.78 Å². The molecule has 3 rings (SSSR count). The molecule has 0 atom stereocenters. The fourth-order valence-corrected chi connectivity index (χ4v) is 2.73. The Hall–Kier alpha value is -1.23. The molecule has 0 unspecified atom stereocenters. The first kappa shape index (κ1) is 11.8. The van der Waals surface area contributed by atoms with Crippen molar-refractivity contribution in [2.75, 3.05) is 0 Å². The monoisotopic (exact) mass is 310 g/mol. The zero-order valence-corrected chi connectivity index (χ0v) is 11.8. The van der Waals surface area contributed by atoms with Crippen LogP contribution in [0.2, 0.25) is 0 Å². The molecule has 2 heterocycles. The Balaban J connectivity index is 1.83. The molecule has 1 saturated carbocycles. The summed E-state index contributed by atoms with van der Waals surface area (Å²) in [5.74, 6) is 2.35. The first-order chi connectivity index (χ1) is 8.74. The third-order valence-electron chi connectivity index (χ3n) is 3.21. The van der Waals surface area contributed by atoms with Gasteiger partial charge in [0.2, 0.25) is 5.88 Å². The van der Waals surface area contributed by atoms with Crippen LogP contribution in [0.3, 0.4) is 0 Å². The lowest BCUT2D eigenvalue weighted by atomic mass is 10.3. The van der Waals surface area contributed by atoms with Gasteiger partial charge in [0.1, 0.15) is 5.76 Å². The van der Waals surface area contributed by atoms with Crippen molar-refractivity contribution in [2.24, 2.45) is 0 Å². The average molecular weight is 311 g/mol. The maximum atomic E-state index is 5.94. The second-order valence-electron chi connectivity index (χ2n) is 4.62. The highest BCUT2D eigenvalue weighted by Crippen LogP contribution is 2.31. The van der Waals surface area contributed by atoms with E-state index in [0.29, 0.717) is 12.0 Å². The van der Waals surface area contributed by atoms with Gasteiger partial charge < -0.3 is 9.15 Å². The number of aromatic nitrogens is 2. The van der Waals surface area contributed by atoms with Gasteiger partial charge in [-0.05, 0) is 54.6 Å². The number of furan rings is 1. The van der Waals surface area contributed by atoms with Gasteiger partial charge in [-0.3, -0.25) is 0 Å². The Labute approximate surface area is 114 Å². The van der Waals surface area contributed by atoms with E-state index in [0.717, 1.165) is 29.0 Å². The molecule has 0 aliphatic heterocycles. The molecule has 0 N–H and O–H groups in total. The van der Waals surface area contributed by atoms with Gasteiger partial charge in [-0.1, -0.05) is 0 Å². The lowest BCUT2D eigenvalue weighted by Crippen LogP contribution is -2.10. The van der Waals surface area contributed by atoms with E-state index in [-0.39, 0.29) is 0 Å². The van der Waals surface area contributed by atoms with Crippen molar-refractivity contribution in [3.8, 4) is 11.6 Å². The van der Waals surface area contributed by atoms with Gasteiger partial charge >= 0.3 is 0 Å². The smallest absolute Gasteiger partial charge is 0.221 e. The predicted octanol–water partition coefficient (Wildman–Crippen LogP) is 3.86. The lowest BCUT2D eigenvalue weighted by Gasteiger charge is -2.11. The van der Waals surface area contributed by atoms with E-state index >= 15 is 0 Å². The molecule has 4 nitrogen and oxygen atoms in total. The van der Waals surface area contributed by atoms with Crippen LogP contribution in [0.1, 0.15) is 31.4 Å². The van der Waals surface area contributed by atoms with Crippen molar-refractivity contribution in [2.45, 2.75) is 38.7 Å². The van der Waals surface area contributed by atoms with Gasteiger partial charge in [-0.15, -0.1) is 0 Å². The van der Waals surface area contributed by atoms with E-state index < -0.39 is 0 Å². The highest BCUT2D eigenvalue weighted by Gasteiger charge is 2.20. The van der Waals surface area contributed by atoms with Gasteiger partial charge in [0.25, 0.3) is 0 Å². The number of rotatable bonds is 3. The molecule has 18 heavy (non-hydrogen) atoms. The summed E-state index contributed by atoms with van der Waals surface area (Å²) in [6, 6.07) is 3.81. The summed E-state index contributed by atoms with van der Waals surface area (Å²) in [7, 11) is 0. The van der Waals surface area contributed by atoms with Crippen LogP contribution in [0.25, 0.3) is 5.88 Å². The Morgan fingerprint density at radius 3 is 2.83 bits per heavy atom. The fourth-order valence-electron chi connectivity index (χ4n) is 2.27. The molecule has 96 valence electrons. The van der Waals surface area contributed by atoms with Crippen LogP contribution in [-0.4, -0.2) is 15.9 Å². The topological polar surface area (TPSA) is 40.2 Å². The first-order valence-electron chi connectivity index (χ1n) is 6.21. The number of hydrogen-bond donors (Lipinski definition) is 0. The van der Waals surface area contributed by atoms with Crippen molar-refractivity contribution < 1.29 is 9.15 Å². The van der Waals surface area contributed by atoms with Crippen LogP contribution < -0.4 is 4.74 Å². The molecule has 0 saturated heterocycles. The molecule has 0 amide bonds. The quantitative estimate of drug-likeness (QED) is 0.864. The largest absolute Gasteiger partial charge is 0.486 e. The highest BCUT2D eigenvalue weighted by atomic mass is 79.9. The second-order valence-corrected chi connectivity index (χ2v) is 5.37. The van der Waals surface area contributed by atoms with Crippen molar-refractivity contribution in [1.82, 2.24) is 9.78 Å². The Kier molecular flexibility index (Phi) is 3.16. The maximum absolute atomic E-state index is 5.94. The van der Waals surface area contributed by atoms with Gasteiger partial charge in [0, 0.05) is 6.07 Å². The van der Waals surface area contributed by atoms with E-state index in [1.54, 1.807) is 10.9 Å². The molecule has 0 radical (unpaired) electrons. The zero-order valence-electron chi connectivity index (χ0n) is 10.2. The maximum Gasteiger partial charge on any atom is 0.221 e. The third kappa shape index (κ3) is 2.19. The van der Waals surface area contributed by atoms with Gasteiger partial charge in [0.15, 0.2) is 10.4 Å². The minimum Gasteiger partial charge on any atom is -0.486 e. The highest BCUT2D eigenvalue weighted by molar-refractivity contribution is 9.10. The molecule has 1 aliphatic carbocycles. The summed E-state index contributed by atoms with van der Waals surface area (Å²) < 4.78 is 14.0. The Morgan fingerprint density at radius 2 is 2.17 bits per heavy atom. The van der Waals surface area contributed by atoms with Crippen LogP contribution in [0.4, 0.5) is 0 Å². The summed E-state index contributed by atoms with van der Waals surface area (Å²) in [5.41, 5.74) is 0. The Bertz CT molecular complexity index is 541. The normalized spacial score (nSPS) is 16.3. The number of ether oxygens (including phenoxy) is 1. The molecule has 1 fully saturated rings. The Morgan fingerprint density at radius 1 is 1.39 bits per heavy atom. The van der Waals surface area contributed by atoms with Crippen LogP contribution in [0.5, 0.6) is 5.75 Å². The SMILES string of the molecule is Cc1ccc(-n2ncc(OC3CCCC3)c2Br)o1. The molecular formula is C13H15BrN2O2. The van der Waals surface area contributed by atoms with Crippen molar-refractivity contribution >= 4 is 15.9 Å². The third-order valence-corrected chi connectivity index (χ3v) is 3.94. The molecule has 5 heteroatoms. The molecule has 0 bridgehead atoms. The minimum absolute atomic E-state index is 0.331. The predicted molar refractivity (Wildman–Crippen MR) is 71.2 cm³/mol. The van der Waals surface area contributed by atoms with Crippen LogP contribution in [-0.2, 0) is 0 Å². The average Bonchev–Trinajstić information content (AvgIpc) is 3.04. The molecule has 2 aromatic rings. The molecule has 1 aliphatic rings. The first-order valence-corrected chi connectivity index (χ1v) is 7.00. The van der Waals surface area contributed by atoms with E-state index in [1.807, 2.05) is 19.1 Å². The standard InChI is InChI=1S/C13H15BrN2O2/c1-9-6-7-12(17-9)16-13(14)11(8-15-16)18-10-4-2-3-5-10/h6-8,10H,2-5H2,1H3. The van der Waals surface area contributed by atoms with E-state index in [1.165, 1.54) is 12.8 Å². The number of nitrogens with zero attached hydrogens (tertiary/aromatic N) is 2. The van der Waals surface area contributed by atoms with Crippen molar-refractivity contribution in [1.29, 1.82) is 0 Å². The molecular weight excluding hydrogens is 296 g/mol. The van der Waals surface area contributed by atoms with Crippen molar-refractivity contribution in [3.05, 3.63) is 28.7 Å². The minimum atomic E-state index is 0.331. The van der Waals surface area contributed by atoms with E-state index in [2.05, 4.69) is 21.0 Å². The number of hydrogen-bond acceptors (Lipinski definition) is 3. The summed E-state index contributed by atoms with van der Waals surface area (Å²) in [6.45, 7) is 1.91. The zero-order chi connectivity index (χ0) is 12.5. The van der Waals surface area contributed by atoms with Crippen LogP contribution >= 0.6 is 15.9 Å².